The Balaban J connectivity index is 2.61. The van der Waals surface area contributed by atoms with Gasteiger partial charge >= 0.3 is 0 Å². The summed E-state index contributed by atoms with van der Waals surface area (Å²) in [4.78, 5) is 26.9. The molecule has 1 aliphatic rings. The number of carbonyl (C=O) groups is 2. The summed E-state index contributed by atoms with van der Waals surface area (Å²) in [5.74, 6) is -0.442. The molecule has 1 aromatic rings. The average Bonchev–Trinajstić information content (AvgIpc) is 2.23. The molecule has 0 N–H and O–H groups in total. The third-order valence-electron chi connectivity index (χ3n) is 2.04. The number of pyridine rings is 1. The Hall–Kier alpha value is -1.97. The molecule has 0 bridgehead atoms. The molecule has 1 heterocycles. The van der Waals surface area contributed by atoms with Crippen LogP contribution in [0.25, 0.3) is 0 Å². The number of nitrogens with zero attached hydrogens (tertiary/aromatic N) is 1. The van der Waals surface area contributed by atoms with Gasteiger partial charge in [0.05, 0.1) is 12.7 Å². The minimum Gasteiger partial charge on any atom is -0.492 e. The first-order chi connectivity index (χ1) is 6.74. The number of aromatic nitrogens is 1. The monoisotopic (exact) mass is 189 g/mol. The fraction of sp³-hybridized carbons (Fsp3) is 0.100. The van der Waals surface area contributed by atoms with Crippen molar-refractivity contribution >= 4 is 11.6 Å². The smallest absolute Gasteiger partial charge is 0.228 e. The van der Waals surface area contributed by atoms with Crippen molar-refractivity contribution < 1.29 is 14.3 Å². The van der Waals surface area contributed by atoms with E-state index in [0.717, 1.165) is 0 Å². The van der Waals surface area contributed by atoms with Crippen molar-refractivity contribution in [3.05, 3.63) is 41.4 Å². The van der Waals surface area contributed by atoms with Crippen molar-refractivity contribution in [1.82, 2.24) is 4.98 Å². The molecule has 0 unspecified atom stereocenters. The van der Waals surface area contributed by atoms with E-state index in [2.05, 4.69) is 4.98 Å². The summed E-state index contributed by atoms with van der Waals surface area (Å²) in [6.07, 6.45) is 4.05. The van der Waals surface area contributed by atoms with Gasteiger partial charge in [-0.3, -0.25) is 14.6 Å². The summed E-state index contributed by atoms with van der Waals surface area (Å²) in [7, 11) is 1.36. The lowest BCUT2D eigenvalue weighted by Gasteiger charge is -2.12. The van der Waals surface area contributed by atoms with Crippen LogP contribution < -0.4 is 0 Å². The van der Waals surface area contributed by atoms with E-state index in [1.807, 2.05) is 0 Å². The predicted molar refractivity (Wildman–Crippen MR) is 48.0 cm³/mol. The van der Waals surface area contributed by atoms with Gasteiger partial charge in [0.25, 0.3) is 0 Å². The van der Waals surface area contributed by atoms with Gasteiger partial charge < -0.3 is 4.74 Å². The number of hydrogen-bond acceptors (Lipinski definition) is 4. The van der Waals surface area contributed by atoms with E-state index in [0.29, 0.717) is 11.1 Å². The van der Waals surface area contributed by atoms with E-state index in [-0.39, 0.29) is 17.3 Å². The quantitative estimate of drug-likeness (QED) is 0.661. The number of carbonyl (C=O) groups excluding carboxylic acids is 2. The number of hydrogen-bond donors (Lipinski definition) is 0. The lowest BCUT2D eigenvalue weighted by atomic mass is 9.96. The van der Waals surface area contributed by atoms with Crippen LogP contribution in [-0.4, -0.2) is 23.7 Å². The highest BCUT2D eigenvalue weighted by molar-refractivity contribution is 6.23. The fourth-order valence-electron chi connectivity index (χ4n) is 1.34. The van der Waals surface area contributed by atoms with Crippen molar-refractivity contribution in [1.29, 1.82) is 0 Å². The normalized spacial score (nSPS) is 14.8. The SMILES string of the molecule is COC1=CC(=O)c2cnccc2C1=O. The van der Waals surface area contributed by atoms with Crippen LogP contribution in [0.4, 0.5) is 0 Å². The van der Waals surface area contributed by atoms with Crippen molar-refractivity contribution in [2.45, 2.75) is 0 Å². The van der Waals surface area contributed by atoms with Crippen LogP contribution >= 0.6 is 0 Å². The minimum atomic E-state index is -0.274. The second-order valence-electron chi connectivity index (χ2n) is 2.83. The minimum absolute atomic E-state index is 0.0775. The Morgan fingerprint density at radius 1 is 1.29 bits per heavy atom. The third kappa shape index (κ3) is 1.12. The summed E-state index contributed by atoms with van der Waals surface area (Å²) in [5.41, 5.74) is 0.683. The number of Topliss-reactive ketones (excluding diaryl/α,β-unsaturated/α-hetero) is 1. The average molecular weight is 189 g/mol. The Bertz CT molecular complexity index is 448. The summed E-state index contributed by atoms with van der Waals surface area (Å²) >= 11 is 0. The third-order valence-corrected chi connectivity index (χ3v) is 2.04. The van der Waals surface area contributed by atoms with Crippen LogP contribution in [0, 0.1) is 0 Å². The molecule has 4 nitrogen and oxygen atoms in total. The van der Waals surface area contributed by atoms with E-state index in [1.165, 1.54) is 31.6 Å². The van der Waals surface area contributed by atoms with E-state index in [9.17, 15) is 9.59 Å². The Morgan fingerprint density at radius 2 is 2.07 bits per heavy atom. The predicted octanol–water partition coefficient (Wildman–Crippen LogP) is 0.991. The Morgan fingerprint density at radius 3 is 2.79 bits per heavy atom. The van der Waals surface area contributed by atoms with Gasteiger partial charge in [0.2, 0.25) is 5.78 Å². The Kier molecular flexibility index (Phi) is 1.89. The van der Waals surface area contributed by atoms with Gasteiger partial charge in [-0.15, -0.1) is 0 Å². The van der Waals surface area contributed by atoms with Gasteiger partial charge in [0.15, 0.2) is 11.5 Å². The molecular formula is C10H7NO3. The van der Waals surface area contributed by atoms with Crippen molar-refractivity contribution in [3.63, 3.8) is 0 Å². The second-order valence-corrected chi connectivity index (χ2v) is 2.83. The van der Waals surface area contributed by atoms with Gasteiger partial charge in [0, 0.05) is 24.0 Å². The topological polar surface area (TPSA) is 56.3 Å². The molecular weight excluding hydrogens is 182 g/mol. The van der Waals surface area contributed by atoms with Crippen molar-refractivity contribution in [3.8, 4) is 0 Å². The molecule has 0 radical (unpaired) electrons. The maximum Gasteiger partial charge on any atom is 0.228 e. The molecule has 0 aliphatic heterocycles. The number of rotatable bonds is 1. The van der Waals surface area contributed by atoms with Crippen LogP contribution in [0.2, 0.25) is 0 Å². The second kappa shape index (κ2) is 3.06. The van der Waals surface area contributed by atoms with Crippen LogP contribution in [0.3, 0.4) is 0 Å². The number of ketones is 2. The van der Waals surface area contributed by atoms with E-state index in [4.69, 9.17) is 4.74 Å². The molecule has 0 spiro atoms. The number of ether oxygens (including phenoxy) is 1. The summed E-state index contributed by atoms with van der Waals surface area (Å²) in [5, 5.41) is 0. The van der Waals surface area contributed by atoms with Crippen LogP contribution in [0.5, 0.6) is 0 Å². The Labute approximate surface area is 80.2 Å². The molecule has 0 fully saturated rings. The molecule has 4 heteroatoms. The molecule has 0 amide bonds. The maximum atomic E-state index is 11.6. The van der Waals surface area contributed by atoms with Crippen LogP contribution in [0.1, 0.15) is 20.7 Å². The van der Waals surface area contributed by atoms with Gasteiger partial charge in [-0.25, -0.2) is 0 Å². The zero-order chi connectivity index (χ0) is 10.1. The summed E-state index contributed by atoms with van der Waals surface area (Å²) in [6.45, 7) is 0. The van der Waals surface area contributed by atoms with Crippen LogP contribution in [0.15, 0.2) is 30.3 Å². The van der Waals surface area contributed by atoms with E-state index in [1.54, 1.807) is 0 Å². The van der Waals surface area contributed by atoms with E-state index >= 15 is 0 Å². The zero-order valence-corrected chi connectivity index (χ0v) is 7.48. The number of allylic oxidation sites excluding steroid dienone is 2. The molecule has 0 saturated heterocycles. The standard InChI is InChI=1S/C10H7NO3/c1-14-9-4-8(12)7-5-11-3-2-6(7)10(9)13/h2-5H,1H3. The lowest BCUT2D eigenvalue weighted by molar-refractivity contribution is 0.0916. The molecule has 14 heavy (non-hydrogen) atoms. The van der Waals surface area contributed by atoms with Crippen molar-refractivity contribution in [2.75, 3.05) is 7.11 Å². The van der Waals surface area contributed by atoms with Gasteiger partial charge in [-0.2, -0.15) is 0 Å². The molecule has 1 aliphatic carbocycles. The largest absolute Gasteiger partial charge is 0.492 e. The molecule has 0 saturated carbocycles. The fourth-order valence-corrected chi connectivity index (χ4v) is 1.34. The van der Waals surface area contributed by atoms with E-state index < -0.39 is 0 Å². The maximum absolute atomic E-state index is 11.6. The zero-order valence-electron chi connectivity index (χ0n) is 7.48. The highest BCUT2D eigenvalue weighted by Gasteiger charge is 2.25. The first-order valence-electron chi connectivity index (χ1n) is 4.03. The highest BCUT2D eigenvalue weighted by Crippen LogP contribution is 2.19. The van der Waals surface area contributed by atoms with Crippen LogP contribution in [-0.2, 0) is 4.74 Å². The number of methoxy groups -OCH3 is 1. The molecule has 2 rings (SSSR count). The first kappa shape index (κ1) is 8.62. The summed E-state index contributed by atoms with van der Waals surface area (Å²) < 4.78 is 4.80. The molecule has 70 valence electrons. The molecule has 1 aromatic heterocycles. The molecule has 0 atom stereocenters. The van der Waals surface area contributed by atoms with Gasteiger partial charge in [-0.1, -0.05) is 0 Å². The van der Waals surface area contributed by atoms with Gasteiger partial charge in [0.1, 0.15) is 0 Å². The van der Waals surface area contributed by atoms with Crippen molar-refractivity contribution in [2.24, 2.45) is 0 Å². The number of fused-ring (bicyclic) bond motifs is 1. The highest BCUT2D eigenvalue weighted by atomic mass is 16.5. The van der Waals surface area contributed by atoms with Gasteiger partial charge in [-0.05, 0) is 6.07 Å². The molecule has 0 aromatic carbocycles. The first-order valence-corrected chi connectivity index (χ1v) is 4.03. The summed E-state index contributed by atoms with van der Waals surface area (Å²) in [6, 6.07) is 1.52. The lowest BCUT2D eigenvalue weighted by Crippen LogP contribution is -2.17.